The van der Waals surface area contributed by atoms with E-state index in [1.165, 1.54) is 42.0 Å². The van der Waals surface area contributed by atoms with Crippen LogP contribution in [0.15, 0.2) is 0 Å². The van der Waals surface area contributed by atoms with E-state index in [1.54, 1.807) is 28.2 Å². The first-order chi connectivity index (χ1) is 12.4. The van der Waals surface area contributed by atoms with Crippen molar-refractivity contribution in [1.29, 1.82) is 0 Å². The largest absolute Gasteiger partial charge is 0.469 e. The average molecular weight is 478 g/mol. The number of carbonyl (C=O) groups excluding carboxylic acids is 5. The summed E-state index contributed by atoms with van der Waals surface area (Å²) >= 11 is 0. The summed E-state index contributed by atoms with van der Waals surface area (Å²) in [5.74, 6) is -0.236. The Kier molecular flexibility index (Phi) is 111. The van der Waals surface area contributed by atoms with E-state index < -0.39 is 6.09 Å². The van der Waals surface area contributed by atoms with Gasteiger partial charge in [-0.25, -0.2) is 9.59 Å². The number of carbonyl (C=O) groups is 5. The number of hydrogen-bond donors (Lipinski definition) is 5. The second-order valence-electron chi connectivity index (χ2n) is 3.88. The summed E-state index contributed by atoms with van der Waals surface area (Å²) in [6, 6.07) is -0.157. The summed E-state index contributed by atoms with van der Waals surface area (Å²) in [6.45, 7) is 4.31. The van der Waals surface area contributed by atoms with Gasteiger partial charge in [-0.15, -0.1) is 0 Å². The molecule has 0 aliphatic heterocycles. The first-order valence-electron chi connectivity index (χ1n) is 7.50. The first kappa shape index (κ1) is 63.0. The molecule has 0 unspecified atom stereocenters. The lowest BCUT2D eigenvalue weighted by Crippen LogP contribution is -2.28. The zero-order valence-electron chi connectivity index (χ0n) is 17.9. The zero-order valence-corrected chi connectivity index (χ0v) is 17.9. The Morgan fingerprint density at radius 2 is 0.719 bits per heavy atom. The van der Waals surface area contributed by atoms with Crippen LogP contribution in [0.1, 0.15) is 57.9 Å². The minimum atomic E-state index is -0.407. The second kappa shape index (κ2) is 56.5. The predicted molar refractivity (Wildman–Crippen MR) is 136 cm³/mol. The molecule has 0 spiro atoms. The van der Waals surface area contributed by atoms with Crippen molar-refractivity contribution in [3.63, 3.8) is 0 Å². The standard InChI is InChI=1S/C3H8N2O.C3H7NO2.2C3H7NO.C3H6O2.5CH4/c1-4-3(6)5-2;1-4-3(5)6-2;2*1-3(5)4-2;1-3(4)5-2;;;;;/h1-2H3,(H2,4,5,6);1-2H3,(H,4,5);2*1-2H3,(H,4,5);1-2H3;5*1H4. The molecular formula is C20H55N5O7. The molecule has 0 saturated heterocycles. The van der Waals surface area contributed by atoms with Crippen molar-refractivity contribution in [2.24, 2.45) is 0 Å². The van der Waals surface area contributed by atoms with Crippen LogP contribution in [-0.4, -0.2) is 79.4 Å². The molecule has 202 valence electrons. The van der Waals surface area contributed by atoms with E-state index in [4.69, 9.17) is 0 Å². The summed E-state index contributed by atoms with van der Waals surface area (Å²) in [7, 11) is 10.5. The number of amides is 5. The summed E-state index contributed by atoms with van der Waals surface area (Å²) in [5.41, 5.74) is 0. The molecule has 0 radical (unpaired) electrons. The molecule has 0 bridgehead atoms. The number of alkyl carbamates (subject to hydrolysis) is 1. The molecular weight excluding hydrogens is 422 g/mol. The van der Waals surface area contributed by atoms with Crippen molar-refractivity contribution in [3.05, 3.63) is 0 Å². The smallest absolute Gasteiger partial charge is 0.406 e. The van der Waals surface area contributed by atoms with Gasteiger partial charge in [-0.2, -0.15) is 0 Å². The quantitative estimate of drug-likeness (QED) is 0.334. The molecule has 32 heavy (non-hydrogen) atoms. The number of hydrogen-bond acceptors (Lipinski definition) is 7. The molecule has 12 nitrogen and oxygen atoms in total. The molecule has 12 heteroatoms. The van der Waals surface area contributed by atoms with Crippen LogP contribution in [0.5, 0.6) is 0 Å². The van der Waals surface area contributed by atoms with Crippen LogP contribution in [0.2, 0.25) is 0 Å². The summed E-state index contributed by atoms with van der Waals surface area (Å²) in [5, 5.41) is 11.8. The van der Waals surface area contributed by atoms with Gasteiger partial charge >= 0.3 is 18.1 Å². The topological polar surface area (TPSA) is 164 Å². The van der Waals surface area contributed by atoms with Gasteiger partial charge in [0.2, 0.25) is 11.8 Å². The lowest BCUT2D eigenvalue weighted by Gasteiger charge is -1.91. The normalized spacial score (nSPS) is 5.81. The molecule has 0 aliphatic carbocycles. The van der Waals surface area contributed by atoms with Gasteiger partial charge < -0.3 is 36.1 Å². The van der Waals surface area contributed by atoms with Crippen molar-refractivity contribution in [3.8, 4) is 0 Å². The molecule has 0 atom stereocenters. The molecule has 0 aromatic heterocycles. The third kappa shape index (κ3) is 151. The number of methoxy groups -OCH3 is 2. The molecule has 5 N–H and O–H groups in total. The Balaban J connectivity index is -0.0000000228. The highest BCUT2D eigenvalue weighted by molar-refractivity contribution is 5.73. The zero-order chi connectivity index (χ0) is 22.8. The van der Waals surface area contributed by atoms with Crippen LogP contribution in [-0.2, 0) is 23.9 Å². The van der Waals surface area contributed by atoms with Crippen molar-refractivity contribution in [2.75, 3.05) is 49.5 Å². The summed E-state index contributed by atoms with van der Waals surface area (Å²) < 4.78 is 8.26. The molecule has 0 rings (SSSR count). The summed E-state index contributed by atoms with van der Waals surface area (Å²) in [4.78, 5) is 48.8. The molecule has 0 aromatic carbocycles. The van der Waals surface area contributed by atoms with Gasteiger partial charge in [0.1, 0.15) is 0 Å². The Labute approximate surface area is 198 Å². The first-order valence-corrected chi connectivity index (χ1v) is 7.50. The average Bonchev–Trinajstić information content (AvgIpc) is 2.68. The van der Waals surface area contributed by atoms with E-state index in [0.29, 0.717) is 0 Å². The number of esters is 1. The molecule has 0 aliphatic rings. The van der Waals surface area contributed by atoms with Gasteiger partial charge in [0.25, 0.3) is 0 Å². The van der Waals surface area contributed by atoms with Crippen molar-refractivity contribution in [2.45, 2.75) is 57.9 Å². The number of rotatable bonds is 0. The van der Waals surface area contributed by atoms with Gasteiger partial charge in [-0.05, 0) is 0 Å². The van der Waals surface area contributed by atoms with Crippen LogP contribution in [0.4, 0.5) is 9.59 Å². The minimum absolute atomic E-state index is 0. The van der Waals surface area contributed by atoms with E-state index in [1.807, 2.05) is 0 Å². The van der Waals surface area contributed by atoms with Crippen molar-refractivity contribution in [1.82, 2.24) is 26.6 Å². The van der Waals surface area contributed by atoms with Crippen LogP contribution in [0.3, 0.4) is 0 Å². The molecule has 5 amide bonds. The van der Waals surface area contributed by atoms with Crippen LogP contribution >= 0.6 is 0 Å². The highest BCUT2D eigenvalue weighted by Gasteiger charge is 1.85. The molecule has 0 heterocycles. The Morgan fingerprint density at radius 1 is 0.500 bits per heavy atom. The van der Waals surface area contributed by atoms with E-state index in [0.717, 1.165) is 0 Å². The monoisotopic (exact) mass is 477 g/mol. The lowest BCUT2D eigenvalue weighted by molar-refractivity contribution is -0.138. The second-order valence-corrected chi connectivity index (χ2v) is 3.88. The Hall–Kier alpha value is -3.05. The number of nitrogens with one attached hydrogen (secondary N) is 5. The number of ether oxygens (including phenoxy) is 2. The van der Waals surface area contributed by atoms with E-state index in [2.05, 4.69) is 36.1 Å². The number of urea groups is 1. The van der Waals surface area contributed by atoms with Gasteiger partial charge in [0, 0.05) is 56.0 Å². The van der Waals surface area contributed by atoms with E-state index in [-0.39, 0.29) is 60.9 Å². The Bertz CT molecular complexity index is 347. The third-order valence-electron chi connectivity index (χ3n) is 1.84. The SMILES string of the molecule is C.C.C.C.C.CNC(=O)NC.CNC(=O)OC.CNC(C)=O.CNC(C)=O.COC(C)=O. The Morgan fingerprint density at radius 3 is 0.719 bits per heavy atom. The predicted octanol–water partition coefficient (Wildman–Crippen LogP) is 2.38. The molecule has 0 fully saturated rings. The highest BCUT2D eigenvalue weighted by atomic mass is 16.5. The van der Waals surface area contributed by atoms with Crippen molar-refractivity contribution < 1.29 is 33.4 Å². The maximum absolute atomic E-state index is 9.96. The van der Waals surface area contributed by atoms with Gasteiger partial charge in [-0.1, -0.05) is 37.1 Å². The van der Waals surface area contributed by atoms with E-state index >= 15 is 0 Å². The minimum Gasteiger partial charge on any atom is -0.469 e. The van der Waals surface area contributed by atoms with E-state index in [9.17, 15) is 24.0 Å². The highest BCUT2D eigenvalue weighted by Crippen LogP contribution is 1.62. The lowest BCUT2D eigenvalue weighted by atomic mass is 10.7. The fourth-order valence-corrected chi connectivity index (χ4v) is 0.227. The van der Waals surface area contributed by atoms with Gasteiger partial charge in [0.15, 0.2) is 0 Å². The summed E-state index contributed by atoms with van der Waals surface area (Å²) in [6.07, 6.45) is -0.407. The fraction of sp³-hybridized carbons (Fsp3) is 0.750. The van der Waals surface area contributed by atoms with Crippen LogP contribution in [0, 0.1) is 0 Å². The fourth-order valence-electron chi connectivity index (χ4n) is 0.227. The maximum Gasteiger partial charge on any atom is 0.406 e. The van der Waals surface area contributed by atoms with Gasteiger partial charge in [-0.3, -0.25) is 14.4 Å². The molecule has 0 saturated carbocycles. The van der Waals surface area contributed by atoms with Crippen molar-refractivity contribution >= 4 is 29.9 Å². The van der Waals surface area contributed by atoms with Gasteiger partial charge in [0.05, 0.1) is 14.2 Å². The van der Waals surface area contributed by atoms with Crippen LogP contribution < -0.4 is 26.6 Å². The molecule has 0 aromatic rings. The third-order valence-corrected chi connectivity index (χ3v) is 1.84. The van der Waals surface area contributed by atoms with Crippen LogP contribution in [0.25, 0.3) is 0 Å². The maximum atomic E-state index is 9.96.